The van der Waals surface area contributed by atoms with E-state index in [9.17, 15) is 40.5 Å². The molecule has 23 heavy (non-hydrogen) atoms. The van der Waals surface area contributed by atoms with Crippen LogP contribution in [0.5, 0.6) is 0 Å². The van der Waals surface area contributed by atoms with Crippen molar-refractivity contribution in [3.05, 3.63) is 0 Å². The third-order valence-electron chi connectivity index (χ3n) is 3.53. The Labute approximate surface area is 130 Å². The Morgan fingerprint density at radius 1 is 1.09 bits per heavy atom. The quantitative estimate of drug-likeness (QED) is 0.221. The number of ether oxygens (including phenoxy) is 2. The molecular formula is C12H22O11. The van der Waals surface area contributed by atoms with E-state index in [1.165, 1.54) is 6.92 Å². The first-order valence-corrected chi connectivity index (χ1v) is 6.84. The molecule has 9 atom stereocenters. The van der Waals surface area contributed by atoms with Gasteiger partial charge in [0.1, 0.15) is 36.6 Å². The fourth-order valence-corrected chi connectivity index (χ4v) is 2.07. The van der Waals surface area contributed by atoms with Crippen molar-refractivity contribution in [2.24, 2.45) is 0 Å². The van der Waals surface area contributed by atoms with Crippen LogP contribution in [0.4, 0.5) is 0 Å². The summed E-state index contributed by atoms with van der Waals surface area (Å²) in [5.74, 6) is -1.62. The number of hydrogen-bond acceptors (Lipinski definition) is 10. The summed E-state index contributed by atoms with van der Waals surface area (Å²) in [6.07, 6.45) is -15.8. The van der Waals surface area contributed by atoms with E-state index in [2.05, 4.69) is 0 Å². The molecule has 0 aromatic rings. The lowest BCUT2D eigenvalue weighted by atomic mass is 9.98. The molecule has 0 radical (unpaired) electrons. The summed E-state index contributed by atoms with van der Waals surface area (Å²) in [6, 6.07) is 0. The van der Waals surface area contributed by atoms with Crippen LogP contribution in [-0.4, -0.2) is 109 Å². The van der Waals surface area contributed by atoms with E-state index in [4.69, 9.17) is 14.6 Å². The lowest BCUT2D eigenvalue weighted by molar-refractivity contribution is -0.315. The third kappa shape index (κ3) is 4.56. The van der Waals surface area contributed by atoms with Crippen molar-refractivity contribution in [3.8, 4) is 0 Å². The molecule has 0 saturated carbocycles. The van der Waals surface area contributed by atoms with Gasteiger partial charge in [0.2, 0.25) is 0 Å². The lowest BCUT2D eigenvalue weighted by Gasteiger charge is -2.40. The van der Waals surface area contributed by atoms with Gasteiger partial charge in [0, 0.05) is 0 Å². The number of aliphatic hydroxyl groups excluding tert-OH is 7. The fourth-order valence-electron chi connectivity index (χ4n) is 2.07. The van der Waals surface area contributed by atoms with Crippen LogP contribution in [0.25, 0.3) is 0 Å². The molecule has 136 valence electrons. The SMILES string of the molecule is C[C@H](O)[C@H](O)[C@@H](O)[C@H](CO)O[C@H]1O[C@H](C(=O)O)[C@H](O)[C@H](O)[C@H]1O. The van der Waals surface area contributed by atoms with E-state index >= 15 is 0 Å². The van der Waals surface area contributed by atoms with Gasteiger partial charge in [-0.15, -0.1) is 0 Å². The zero-order valence-corrected chi connectivity index (χ0v) is 12.2. The summed E-state index contributed by atoms with van der Waals surface area (Å²) < 4.78 is 9.82. The van der Waals surface area contributed by atoms with E-state index in [1.807, 2.05) is 0 Å². The number of carbonyl (C=O) groups is 1. The third-order valence-corrected chi connectivity index (χ3v) is 3.53. The molecular weight excluding hydrogens is 320 g/mol. The first-order chi connectivity index (χ1) is 10.6. The molecule has 0 bridgehead atoms. The molecule has 1 heterocycles. The van der Waals surface area contributed by atoms with Crippen molar-refractivity contribution in [2.45, 2.75) is 62.0 Å². The summed E-state index contributed by atoms with van der Waals surface area (Å²) in [6.45, 7) is 0.308. The first kappa shape index (κ1) is 20.2. The van der Waals surface area contributed by atoms with Gasteiger partial charge in [0.25, 0.3) is 0 Å². The highest BCUT2D eigenvalue weighted by Crippen LogP contribution is 2.24. The summed E-state index contributed by atoms with van der Waals surface area (Å²) in [5.41, 5.74) is 0. The lowest BCUT2D eigenvalue weighted by Crippen LogP contribution is -2.61. The Morgan fingerprint density at radius 2 is 1.65 bits per heavy atom. The van der Waals surface area contributed by atoms with Crippen molar-refractivity contribution in [2.75, 3.05) is 6.61 Å². The van der Waals surface area contributed by atoms with Gasteiger partial charge in [-0.3, -0.25) is 0 Å². The standard InChI is InChI=1S/C12H22O11/c1-3(14)5(15)6(16)4(2-13)22-12-9(19)7(17)8(18)10(23-12)11(20)21/h3-10,12-19H,2H2,1H3,(H,20,21)/t3-,4-,5-,6-,7-,8+,9+,10-,12-/m0/s1. The van der Waals surface area contributed by atoms with Crippen LogP contribution in [0.2, 0.25) is 0 Å². The summed E-state index contributed by atoms with van der Waals surface area (Å²) in [4.78, 5) is 10.9. The minimum absolute atomic E-state index is 0.867. The van der Waals surface area contributed by atoms with Gasteiger partial charge in [-0.1, -0.05) is 0 Å². The van der Waals surface area contributed by atoms with Crippen LogP contribution >= 0.6 is 0 Å². The van der Waals surface area contributed by atoms with Crippen LogP contribution in [0.1, 0.15) is 6.92 Å². The molecule has 0 aromatic carbocycles. The molecule has 11 heteroatoms. The Morgan fingerprint density at radius 3 is 2.09 bits per heavy atom. The monoisotopic (exact) mass is 342 g/mol. The highest BCUT2D eigenvalue weighted by Gasteiger charge is 2.48. The highest BCUT2D eigenvalue weighted by molar-refractivity contribution is 5.73. The van der Waals surface area contributed by atoms with Crippen LogP contribution in [0, 0.1) is 0 Å². The van der Waals surface area contributed by atoms with Crippen LogP contribution in [0.15, 0.2) is 0 Å². The fraction of sp³-hybridized carbons (Fsp3) is 0.917. The van der Waals surface area contributed by atoms with Crippen LogP contribution in [0.3, 0.4) is 0 Å². The second-order valence-electron chi connectivity index (χ2n) is 5.31. The first-order valence-electron chi connectivity index (χ1n) is 6.84. The van der Waals surface area contributed by atoms with Gasteiger partial charge >= 0.3 is 5.97 Å². The average molecular weight is 342 g/mol. The van der Waals surface area contributed by atoms with E-state index in [0.717, 1.165) is 0 Å². The Kier molecular flexibility index (Phi) is 7.26. The molecule has 0 spiro atoms. The maximum absolute atomic E-state index is 10.9. The molecule has 1 aliphatic rings. The predicted octanol–water partition coefficient (Wildman–Crippen LogP) is -4.64. The molecule has 0 aromatic heterocycles. The zero-order valence-electron chi connectivity index (χ0n) is 12.2. The van der Waals surface area contributed by atoms with Gasteiger partial charge in [-0.25, -0.2) is 4.79 Å². The molecule has 0 amide bonds. The van der Waals surface area contributed by atoms with Crippen molar-refractivity contribution in [3.63, 3.8) is 0 Å². The maximum Gasteiger partial charge on any atom is 0.335 e. The van der Waals surface area contributed by atoms with Crippen molar-refractivity contribution in [1.82, 2.24) is 0 Å². The molecule has 1 saturated heterocycles. The molecule has 11 nitrogen and oxygen atoms in total. The van der Waals surface area contributed by atoms with E-state index < -0.39 is 67.7 Å². The summed E-state index contributed by atoms with van der Waals surface area (Å²) in [5, 5.41) is 75.5. The summed E-state index contributed by atoms with van der Waals surface area (Å²) >= 11 is 0. The minimum Gasteiger partial charge on any atom is -0.479 e. The van der Waals surface area contributed by atoms with Gasteiger partial charge in [0.05, 0.1) is 12.7 Å². The number of rotatable bonds is 7. The van der Waals surface area contributed by atoms with Crippen LogP contribution in [-0.2, 0) is 14.3 Å². The van der Waals surface area contributed by atoms with E-state index in [1.54, 1.807) is 0 Å². The van der Waals surface area contributed by atoms with Gasteiger partial charge in [-0.2, -0.15) is 0 Å². The van der Waals surface area contributed by atoms with E-state index in [0.29, 0.717) is 0 Å². The topological polar surface area (TPSA) is 197 Å². The van der Waals surface area contributed by atoms with Crippen LogP contribution < -0.4 is 0 Å². The number of hydrogen-bond donors (Lipinski definition) is 8. The molecule has 8 N–H and O–H groups in total. The largest absolute Gasteiger partial charge is 0.479 e. The Hall–Kier alpha value is -0.890. The van der Waals surface area contributed by atoms with Crippen molar-refractivity contribution >= 4 is 5.97 Å². The van der Waals surface area contributed by atoms with E-state index in [-0.39, 0.29) is 0 Å². The highest BCUT2D eigenvalue weighted by atomic mass is 16.7. The van der Waals surface area contributed by atoms with Crippen molar-refractivity contribution < 1.29 is 55.1 Å². The molecule has 0 aliphatic carbocycles. The minimum atomic E-state index is -1.91. The van der Waals surface area contributed by atoms with Crippen molar-refractivity contribution in [1.29, 1.82) is 0 Å². The Bertz CT molecular complexity index is 389. The Balaban J connectivity index is 2.84. The van der Waals surface area contributed by atoms with Gasteiger partial charge in [-0.05, 0) is 6.92 Å². The number of carboxylic acids is 1. The number of carboxylic acid groups (broad SMARTS) is 1. The number of aliphatic hydroxyl groups is 7. The smallest absolute Gasteiger partial charge is 0.335 e. The summed E-state index contributed by atoms with van der Waals surface area (Å²) in [7, 11) is 0. The second kappa shape index (κ2) is 8.28. The van der Waals surface area contributed by atoms with Gasteiger partial charge < -0.3 is 50.3 Å². The zero-order chi connectivity index (χ0) is 17.9. The number of aliphatic carboxylic acids is 1. The molecule has 1 rings (SSSR count). The molecule has 1 fully saturated rings. The molecule has 0 unspecified atom stereocenters. The molecule has 1 aliphatic heterocycles. The second-order valence-corrected chi connectivity index (χ2v) is 5.31. The normalized spacial score (nSPS) is 37.0. The van der Waals surface area contributed by atoms with Gasteiger partial charge in [0.15, 0.2) is 12.4 Å². The maximum atomic E-state index is 10.9. The predicted molar refractivity (Wildman–Crippen MR) is 70.0 cm³/mol. The average Bonchev–Trinajstić information content (AvgIpc) is 2.50.